The number of hydrogen-bond acceptors (Lipinski definition) is 3. The zero-order valence-corrected chi connectivity index (χ0v) is 5.80. The molecule has 58 valence electrons. The first-order chi connectivity index (χ1) is 4.35. The summed E-state index contributed by atoms with van der Waals surface area (Å²) in [6.07, 6.45) is 0. The number of urea groups is 1. The van der Waals surface area contributed by atoms with Crippen LogP contribution >= 0.6 is 0 Å². The van der Waals surface area contributed by atoms with Gasteiger partial charge in [-0.05, 0) is 13.8 Å². The van der Waals surface area contributed by atoms with Crippen LogP contribution in [0.15, 0.2) is 0 Å². The standard InChI is InChI=1S/C5H10N2O3/c1-4(2)5(9,10)7-3(8)6-4/h9-10H,1-2H3,(H2,6,7,8). The van der Waals surface area contributed by atoms with Crippen molar-refractivity contribution in [2.24, 2.45) is 0 Å². The van der Waals surface area contributed by atoms with Crippen molar-refractivity contribution < 1.29 is 15.0 Å². The highest BCUT2D eigenvalue weighted by atomic mass is 16.5. The van der Waals surface area contributed by atoms with Crippen LogP contribution in [0.4, 0.5) is 4.79 Å². The molecule has 0 aliphatic carbocycles. The molecule has 0 aromatic heterocycles. The predicted molar refractivity (Wildman–Crippen MR) is 32.9 cm³/mol. The van der Waals surface area contributed by atoms with Gasteiger partial charge in [-0.15, -0.1) is 0 Å². The van der Waals surface area contributed by atoms with E-state index in [-0.39, 0.29) is 0 Å². The van der Waals surface area contributed by atoms with Crippen LogP contribution in [0.3, 0.4) is 0 Å². The highest BCUT2D eigenvalue weighted by Crippen LogP contribution is 2.20. The van der Waals surface area contributed by atoms with Gasteiger partial charge in [-0.1, -0.05) is 0 Å². The topological polar surface area (TPSA) is 81.6 Å². The molecule has 2 amide bonds. The second-order valence-electron chi connectivity index (χ2n) is 2.88. The Balaban J connectivity index is 2.88. The largest absolute Gasteiger partial charge is 0.347 e. The summed E-state index contributed by atoms with van der Waals surface area (Å²) in [7, 11) is 0. The van der Waals surface area contributed by atoms with Gasteiger partial charge in [-0.25, -0.2) is 4.79 Å². The Morgan fingerprint density at radius 2 is 1.80 bits per heavy atom. The summed E-state index contributed by atoms with van der Waals surface area (Å²) in [5.41, 5.74) is -1.04. The van der Waals surface area contributed by atoms with Crippen LogP contribution in [0.5, 0.6) is 0 Å². The maximum atomic E-state index is 10.5. The van der Waals surface area contributed by atoms with E-state index in [1.165, 1.54) is 13.8 Å². The minimum atomic E-state index is -2.15. The molecular weight excluding hydrogens is 136 g/mol. The van der Waals surface area contributed by atoms with Crippen molar-refractivity contribution in [3.8, 4) is 0 Å². The SMILES string of the molecule is CC1(C)NC(=O)NC1(O)O. The summed E-state index contributed by atoms with van der Waals surface area (Å²) in [6.45, 7) is 3.01. The lowest BCUT2D eigenvalue weighted by molar-refractivity contribution is -0.204. The minimum absolute atomic E-state index is 0.574. The molecular formula is C5H10N2O3. The molecule has 0 atom stereocenters. The molecule has 4 N–H and O–H groups in total. The molecule has 0 aromatic rings. The zero-order valence-electron chi connectivity index (χ0n) is 5.80. The Kier molecular flexibility index (Phi) is 1.18. The Hall–Kier alpha value is -0.810. The lowest BCUT2D eigenvalue weighted by Gasteiger charge is -2.28. The molecule has 1 aliphatic heterocycles. The van der Waals surface area contributed by atoms with Crippen molar-refractivity contribution >= 4 is 6.03 Å². The van der Waals surface area contributed by atoms with Gasteiger partial charge >= 0.3 is 6.03 Å². The average molecular weight is 146 g/mol. The van der Waals surface area contributed by atoms with Crippen LogP contribution in [-0.2, 0) is 0 Å². The number of aliphatic hydroxyl groups is 2. The van der Waals surface area contributed by atoms with E-state index in [0.717, 1.165) is 0 Å². The van der Waals surface area contributed by atoms with Crippen LogP contribution in [0.25, 0.3) is 0 Å². The second-order valence-corrected chi connectivity index (χ2v) is 2.88. The maximum absolute atomic E-state index is 10.5. The Morgan fingerprint density at radius 1 is 1.30 bits per heavy atom. The van der Waals surface area contributed by atoms with E-state index in [1.807, 2.05) is 5.32 Å². The quantitative estimate of drug-likeness (QED) is 0.321. The average Bonchev–Trinajstić information content (AvgIpc) is 1.73. The highest BCUT2D eigenvalue weighted by molar-refractivity contribution is 5.78. The van der Waals surface area contributed by atoms with Gasteiger partial charge in [-0.3, -0.25) is 5.32 Å². The summed E-state index contributed by atoms with van der Waals surface area (Å²) in [4.78, 5) is 10.5. The van der Waals surface area contributed by atoms with E-state index < -0.39 is 17.5 Å². The van der Waals surface area contributed by atoms with E-state index >= 15 is 0 Å². The molecule has 10 heavy (non-hydrogen) atoms. The molecule has 1 saturated heterocycles. The Bertz CT molecular complexity index is 158. The smallest absolute Gasteiger partial charge is 0.319 e. The van der Waals surface area contributed by atoms with E-state index in [4.69, 9.17) is 10.2 Å². The van der Waals surface area contributed by atoms with Crippen molar-refractivity contribution in [3.05, 3.63) is 0 Å². The third-order valence-electron chi connectivity index (χ3n) is 1.59. The van der Waals surface area contributed by atoms with Crippen molar-refractivity contribution in [2.45, 2.75) is 25.3 Å². The summed E-state index contributed by atoms with van der Waals surface area (Å²) in [5.74, 6) is -2.15. The van der Waals surface area contributed by atoms with Crippen molar-refractivity contribution in [2.75, 3.05) is 0 Å². The summed E-state index contributed by atoms with van der Waals surface area (Å²) < 4.78 is 0. The molecule has 1 fully saturated rings. The van der Waals surface area contributed by atoms with Gasteiger partial charge < -0.3 is 15.5 Å². The Morgan fingerprint density at radius 3 is 1.90 bits per heavy atom. The van der Waals surface area contributed by atoms with Crippen LogP contribution in [-0.4, -0.2) is 27.7 Å². The molecule has 0 unspecified atom stereocenters. The predicted octanol–water partition coefficient (Wildman–Crippen LogP) is -1.28. The number of rotatable bonds is 0. The number of hydrogen-bond donors (Lipinski definition) is 4. The van der Waals surface area contributed by atoms with Crippen molar-refractivity contribution in [1.29, 1.82) is 0 Å². The first-order valence-corrected chi connectivity index (χ1v) is 2.90. The molecule has 1 aliphatic rings. The fourth-order valence-electron chi connectivity index (χ4n) is 0.717. The molecule has 0 radical (unpaired) electrons. The van der Waals surface area contributed by atoms with E-state index in [9.17, 15) is 4.79 Å². The molecule has 1 rings (SSSR count). The van der Waals surface area contributed by atoms with Crippen LogP contribution in [0.2, 0.25) is 0 Å². The summed E-state index contributed by atoms with van der Waals surface area (Å²) in [6, 6.07) is -0.574. The monoisotopic (exact) mass is 146 g/mol. The fourth-order valence-corrected chi connectivity index (χ4v) is 0.717. The number of carbonyl (C=O) groups is 1. The minimum Gasteiger partial charge on any atom is -0.347 e. The van der Waals surface area contributed by atoms with E-state index in [2.05, 4.69) is 5.32 Å². The maximum Gasteiger partial charge on any atom is 0.319 e. The third kappa shape index (κ3) is 0.833. The molecule has 0 saturated carbocycles. The van der Waals surface area contributed by atoms with Crippen molar-refractivity contribution in [3.63, 3.8) is 0 Å². The third-order valence-corrected chi connectivity index (χ3v) is 1.59. The van der Waals surface area contributed by atoms with Crippen LogP contribution in [0.1, 0.15) is 13.8 Å². The normalized spacial score (nSPS) is 27.4. The van der Waals surface area contributed by atoms with Gasteiger partial charge in [0.05, 0.1) is 0 Å². The van der Waals surface area contributed by atoms with Gasteiger partial charge in [0, 0.05) is 0 Å². The lowest BCUT2D eigenvalue weighted by atomic mass is 10.0. The van der Waals surface area contributed by atoms with Gasteiger partial charge in [0.2, 0.25) is 0 Å². The number of carbonyl (C=O) groups excluding carboxylic acids is 1. The second kappa shape index (κ2) is 1.62. The van der Waals surface area contributed by atoms with Gasteiger partial charge in [0.1, 0.15) is 5.54 Å². The first kappa shape index (κ1) is 7.30. The van der Waals surface area contributed by atoms with Crippen LogP contribution < -0.4 is 10.6 Å². The molecule has 0 spiro atoms. The highest BCUT2D eigenvalue weighted by Gasteiger charge is 2.50. The summed E-state index contributed by atoms with van der Waals surface area (Å²) in [5, 5.41) is 22.4. The molecule has 5 heteroatoms. The summed E-state index contributed by atoms with van der Waals surface area (Å²) >= 11 is 0. The molecule has 1 heterocycles. The van der Waals surface area contributed by atoms with Gasteiger partial charge in [0.25, 0.3) is 5.91 Å². The van der Waals surface area contributed by atoms with Crippen molar-refractivity contribution in [1.82, 2.24) is 10.6 Å². The molecule has 5 nitrogen and oxygen atoms in total. The lowest BCUT2D eigenvalue weighted by Crippen LogP contribution is -2.56. The van der Waals surface area contributed by atoms with Crippen LogP contribution in [0, 0.1) is 0 Å². The fraction of sp³-hybridized carbons (Fsp3) is 0.800. The first-order valence-electron chi connectivity index (χ1n) is 2.90. The van der Waals surface area contributed by atoms with Gasteiger partial charge in [0.15, 0.2) is 0 Å². The van der Waals surface area contributed by atoms with Gasteiger partial charge in [-0.2, -0.15) is 0 Å². The van der Waals surface area contributed by atoms with E-state index in [1.54, 1.807) is 0 Å². The number of amides is 2. The van der Waals surface area contributed by atoms with E-state index in [0.29, 0.717) is 0 Å². The molecule has 0 aromatic carbocycles. The zero-order chi connectivity index (χ0) is 7.99. The molecule has 0 bridgehead atoms. The number of nitrogens with one attached hydrogen (secondary N) is 2. The Labute approximate surface area is 58.0 Å².